The van der Waals surface area contributed by atoms with Crippen molar-refractivity contribution in [3.8, 4) is 17.0 Å². The second-order valence-corrected chi connectivity index (χ2v) is 8.44. The summed E-state index contributed by atoms with van der Waals surface area (Å²) >= 11 is 1.69. The van der Waals surface area contributed by atoms with E-state index < -0.39 is 0 Å². The Balaban J connectivity index is 1.26. The van der Waals surface area contributed by atoms with E-state index in [1.165, 1.54) is 5.56 Å². The fraction of sp³-hybridized carbons (Fsp3) is 0.333. The van der Waals surface area contributed by atoms with Crippen LogP contribution in [0.1, 0.15) is 17.0 Å². The largest absolute Gasteiger partial charge is 0.497 e. The summed E-state index contributed by atoms with van der Waals surface area (Å²) in [4.78, 5) is 21.7. The van der Waals surface area contributed by atoms with E-state index in [2.05, 4.69) is 28.5 Å². The van der Waals surface area contributed by atoms with E-state index in [0.717, 1.165) is 61.2 Å². The third kappa shape index (κ3) is 5.26. The van der Waals surface area contributed by atoms with Gasteiger partial charge in [-0.1, -0.05) is 42.5 Å². The first-order valence-electron chi connectivity index (χ1n) is 10.3. The Hall–Kier alpha value is -2.70. The summed E-state index contributed by atoms with van der Waals surface area (Å²) in [7, 11) is 1.68. The first-order chi connectivity index (χ1) is 14.7. The third-order valence-electron chi connectivity index (χ3n) is 5.47. The van der Waals surface area contributed by atoms with Gasteiger partial charge in [0.2, 0.25) is 5.91 Å². The summed E-state index contributed by atoms with van der Waals surface area (Å²) in [6.07, 6.45) is 1.40. The van der Waals surface area contributed by atoms with Crippen molar-refractivity contribution in [1.29, 1.82) is 0 Å². The molecule has 1 aliphatic heterocycles. The molecular formula is C24H27N3O2S. The van der Waals surface area contributed by atoms with Crippen LogP contribution >= 0.6 is 11.3 Å². The summed E-state index contributed by atoms with van der Waals surface area (Å²) in [5.74, 6) is 1.10. The highest BCUT2D eigenvalue weighted by Gasteiger charge is 2.21. The lowest BCUT2D eigenvalue weighted by Gasteiger charge is -2.34. The smallest absolute Gasteiger partial charge is 0.222 e. The molecule has 1 amide bonds. The molecule has 6 heteroatoms. The molecule has 5 nitrogen and oxygen atoms in total. The molecule has 0 unspecified atom stereocenters. The molecule has 0 atom stereocenters. The highest BCUT2D eigenvalue weighted by Crippen LogP contribution is 2.26. The number of benzene rings is 2. The number of aryl methyl sites for hydroxylation is 1. The summed E-state index contributed by atoms with van der Waals surface area (Å²) in [6.45, 7) is 4.21. The molecule has 0 bridgehead atoms. The monoisotopic (exact) mass is 421 g/mol. The fourth-order valence-corrected chi connectivity index (χ4v) is 4.54. The number of amides is 1. The molecule has 30 heavy (non-hydrogen) atoms. The normalized spacial score (nSPS) is 14.6. The second kappa shape index (κ2) is 9.87. The topological polar surface area (TPSA) is 45.7 Å². The van der Waals surface area contributed by atoms with Crippen LogP contribution in [-0.4, -0.2) is 54.0 Å². The van der Waals surface area contributed by atoms with Crippen LogP contribution < -0.4 is 4.74 Å². The lowest BCUT2D eigenvalue weighted by Crippen LogP contribution is -2.48. The first kappa shape index (κ1) is 20.6. The lowest BCUT2D eigenvalue weighted by atomic mass is 10.1. The quantitative estimate of drug-likeness (QED) is 0.576. The van der Waals surface area contributed by atoms with E-state index in [0.29, 0.717) is 6.42 Å². The second-order valence-electron chi connectivity index (χ2n) is 7.50. The maximum Gasteiger partial charge on any atom is 0.222 e. The van der Waals surface area contributed by atoms with Gasteiger partial charge in [-0.2, -0.15) is 0 Å². The van der Waals surface area contributed by atoms with E-state index in [1.54, 1.807) is 18.4 Å². The van der Waals surface area contributed by atoms with Gasteiger partial charge in [0.1, 0.15) is 10.8 Å². The Bertz CT molecular complexity index is 965. The maximum absolute atomic E-state index is 12.5. The van der Waals surface area contributed by atoms with Gasteiger partial charge >= 0.3 is 0 Å². The Morgan fingerprint density at radius 2 is 1.87 bits per heavy atom. The zero-order valence-electron chi connectivity index (χ0n) is 17.3. The number of piperazine rings is 1. The minimum Gasteiger partial charge on any atom is -0.497 e. The van der Waals surface area contributed by atoms with Gasteiger partial charge in [0, 0.05) is 43.5 Å². The van der Waals surface area contributed by atoms with E-state index in [1.807, 2.05) is 41.3 Å². The number of aromatic nitrogens is 1. The number of carbonyl (C=O) groups excluding carboxylic acids is 1. The number of hydrogen-bond acceptors (Lipinski definition) is 5. The highest BCUT2D eigenvalue weighted by molar-refractivity contribution is 7.09. The molecule has 0 saturated carbocycles. The molecular weight excluding hydrogens is 394 g/mol. The average Bonchev–Trinajstić information content (AvgIpc) is 3.27. The average molecular weight is 422 g/mol. The van der Waals surface area contributed by atoms with Gasteiger partial charge < -0.3 is 9.64 Å². The van der Waals surface area contributed by atoms with Gasteiger partial charge in [0.05, 0.1) is 19.3 Å². The standard InChI is InChI=1S/C24H27N3O2S/c1-29-21-9-5-8-20(16-21)22-18-30-23(25-22)17-26-12-14-27(15-13-26)24(28)11-10-19-6-3-2-4-7-19/h2-9,16,18H,10-15,17H2,1H3. The Kier molecular flexibility index (Phi) is 6.77. The molecule has 1 fully saturated rings. The van der Waals surface area contributed by atoms with Crippen LogP contribution in [-0.2, 0) is 17.8 Å². The predicted octanol–water partition coefficient (Wildman–Crippen LogP) is 4.10. The van der Waals surface area contributed by atoms with Crippen molar-refractivity contribution in [2.75, 3.05) is 33.3 Å². The van der Waals surface area contributed by atoms with Gasteiger partial charge in [-0.15, -0.1) is 11.3 Å². The number of carbonyl (C=O) groups is 1. The minimum atomic E-state index is 0.257. The van der Waals surface area contributed by atoms with Crippen molar-refractivity contribution in [2.24, 2.45) is 0 Å². The number of rotatable bonds is 7. The van der Waals surface area contributed by atoms with E-state index in [4.69, 9.17) is 9.72 Å². The number of hydrogen-bond donors (Lipinski definition) is 0. The van der Waals surface area contributed by atoms with Crippen LogP contribution in [0.15, 0.2) is 60.0 Å². The van der Waals surface area contributed by atoms with Crippen LogP contribution in [0.2, 0.25) is 0 Å². The van der Waals surface area contributed by atoms with Crippen LogP contribution in [0.5, 0.6) is 5.75 Å². The Morgan fingerprint density at radius 3 is 2.63 bits per heavy atom. The van der Waals surface area contributed by atoms with Crippen LogP contribution in [0, 0.1) is 0 Å². The minimum absolute atomic E-state index is 0.257. The van der Waals surface area contributed by atoms with E-state index >= 15 is 0 Å². The summed E-state index contributed by atoms with van der Waals surface area (Å²) < 4.78 is 5.31. The summed E-state index contributed by atoms with van der Waals surface area (Å²) in [5, 5.41) is 3.21. The lowest BCUT2D eigenvalue weighted by molar-refractivity contribution is -0.133. The molecule has 156 valence electrons. The molecule has 4 rings (SSSR count). The number of ether oxygens (including phenoxy) is 1. The van der Waals surface area contributed by atoms with E-state index in [9.17, 15) is 4.79 Å². The predicted molar refractivity (Wildman–Crippen MR) is 121 cm³/mol. The zero-order valence-corrected chi connectivity index (χ0v) is 18.1. The molecule has 1 aliphatic rings. The molecule has 3 aromatic rings. The third-order valence-corrected chi connectivity index (χ3v) is 6.31. The van der Waals surface area contributed by atoms with Gasteiger partial charge in [-0.05, 0) is 24.1 Å². The number of thiazole rings is 1. The van der Waals surface area contributed by atoms with Gasteiger partial charge in [0.15, 0.2) is 0 Å². The van der Waals surface area contributed by atoms with Gasteiger partial charge in [-0.25, -0.2) is 4.98 Å². The fourth-order valence-electron chi connectivity index (χ4n) is 3.70. The molecule has 0 spiro atoms. The van der Waals surface area contributed by atoms with Crippen molar-refractivity contribution < 1.29 is 9.53 Å². The van der Waals surface area contributed by atoms with Crippen molar-refractivity contribution >= 4 is 17.2 Å². The zero-order chi connectivity index (χ0) is 20.8. The molecule has 1 aromatic heterocycles. The van der Waals surface area contributed by atoms with Crippen LogP contribution in [0.3, 0.4) is 0 Å². The molecule has 0 radical (unpaired) electrons. The summed E-state index contributed by atoms with van der Waals surface area (Å²) in [6, 6.07) is 18.2. The molecule has 1 saturated heterocycles. The Morgan fingerprint density at radius 1 is 1.07 bits per heavy atom. The molecule has 0 N–H and O–H groups in total. The van der Waals surface area contributed by atoms with Crippen molar-refractivity contribution in [3.05, 3.63) is 70.5 Å². The van der Waals surface area contributed by atoms with Crippen molar-refractivity contribution in [2.45, 2.75) is 19.4 Å². The van der Waals surface area contributed by atoms with Crippen LogP contribution in [0.4, 0.5) is 0 Å². The SMILES string of the molecule is COc1cccc(-c2csc(CN3CCN(C(=O)CCc4ccccc4)CC3)n2)c1. The highest BCUT2D eigenvalue weighted by atomic mass is 32.1. The first-order valence-corrected chi connectivity index (χ1v) is 11.2. The maximum atomic E-state index is 12.5. The van der Waals surface area contributed by atoms with Gasteiger partial charge in [-0.3, -0.25) is 9.69 Å². The van der Waals surface area contributed by atoms with Crippen molar-refractivity contribution in [1.82, 2.24) is 14.8 Å². The Labute approximate surface area is 181 Å². The number of methoxy groups -OCH3 is 1. The van der Waals surface area contributed by atoms with Crippen molar-refractivity contribution in [3.63, 3.8) is 0 Å². The number of nitrogens with zero attached hydrogens (tertiary/aromatic N) is 3. The molecule has 2 heterocycles. The van der Waals surface area contributed by atoms with Gasteiger partial charge in [0.25, 0.3) is 0 Å². The molecule has 0 aliphatic carbocycles. The molecule has 2 aromatic carbocycles. The van der Waals surface area contributed by atoms with E-state index in [-0.39, 0.29) is 5.91 Å². The van der Waals surface area contributed by atoms with Crippen LogP contribution in [0.25, 0.3) is 11.3 Å². The summed E-state index contributed by atoms with van der Waals surface area (Å²) in [5.41, 5.74) is 3.29.